The molecule has 1 fully saturated rings. The van der Waals surface area contributed by atoms with Crippen LogP contribution in [0.1, 0.15) is 43.7 Å². The summed E-state index contributed by atoms with van der Waals surface area (Å²) < 4.78 is 24.4. The van der Waals surface area contributed by atoms with Crippen LogP contribution in [-0.2, 0) is 10.0 Å². The van der Waals surface area contributed by atoms with Gasteiger partial charge >= 0.3 is 0 Å². The minimum Gasteiger partial charge on any atom is -0.249 e. The summed E-state index contributed by atoms with van der Waals surface area (Å²) >= 11 is 0. The van der Waals surface area contributed by atoms with Crippen molar-refractivity contribution in [2.75, 3.05) is 0 Å². The SMILES string of the molecule is N#Cc1cnn(C2CCCCC2)c1S(N)(=O)=O. The van der Waals surface area contributed by atoms with Crippen LogP contribution in [-0.4, -0.2) is 18.2 Å². The number of hydrogen-bond donors (Lipinski definition) is 1. The van der Waals surface area contributed by atoms with Crippen molar-refractivity contribution in [3.63, 3.8) is 0 Å². The highest BCUT2D eigenvalue weighted by atomic mass is 32.2. The molecule has 7 heteroatoms. The van der Waals surface area contributed by atoms with E-state index in [2.05, 4.69) is 5.10 Å². The molecule has 2 rings (SSSR count). The molecule has 0 atom stereocenters. The molecule has 1 aromatic rings. The van der Waals surface area contributed by atoms with Crippen molar-refractivity contribution in [1.82, 2.24) is 9.78 Å². The van der Waals surface area contributed by atoms with Gasteiger partial charge in [0.25, 0.3) is 10.0 Å². The molecule has 0 spiro atoms. The number of primary sulfonamides is 1. The lowest BCUT2D eigenvalue weighted by atomic mass is 9.96. The fourth-order valence-corrected chi connectivity index (χ4v) is 3.16. The molecule has 1 aromatic heterocycles. The maximum atomic E-state index is 11.5. The summed E-state index contributed by atoms with van der Waals surface area (Å²) in [6.45, 7) is 0. The maximum Gasteiger partial charge on any atom is 0.256 e. The Morgan fingerprint density at radius 1 is 1.41 bits per heavy atom. The number of nitriles is 1. The summed E-state index contributed by atoms with van der Waals surface area (Å²) in [5, 5.41) is 17.9. The summed E-state index contributed by atoms with van der Waals surface area (Å²) in [6, 6.07) is 1.86. The Kier molecular flexibility index (Phi) is 3.17. The van der Waals surface area contributed by atoms with E-state index in [1.807, 2.05) is 6.07 Å². The number of aromatic nitrogens is 2. The average Bonchev–Trinajstić information content (AvgIpc) is 2.73. The van der Waals surface area contributed by atoms with Crippen LogP contribution in [0, 0.1) is 11.3 Å². The van der Waals surface area contributed by atoms with Crippen LogP contribution < -0.4 is 5.14 Å². The third-order valence-electron chi connectivity index (χ3n) is 3.06. The van der Waals surface area contributed by atoms with Crippen LogP contribution in [0.3, 0.4) is 0 Å². The predicted octanol–water partition coefficient (Wildman–Crippen LogP) is 0.907. The fourth-order valence-electron chi connectivity index (χ4n) is 2.30. The molecular formula is C10H14N4O2S. The lowest BCUT2D eigenvalue weighted by Crippen LogP contribution is -2.23. The van der Waals surface area contributed by atoms with Crippen molar-refractivity contribution in [3.05, 3.63) is 11.8 Å². The van der Waals surface area contributed by atoms with Gasteiger partial charge in [-0.1, -0.05) is 19.3 Å². The topological polar surface area (TPSA) is 102 Å². The Bertz CT molecular complexity index is 549. The van der Waals surface area contributed by atoms with E-state index in [0.29, 0.717) is 0 Å². The average molecular weight is 254 g/mol. The first kappa shape index (κ1) is 12.1. The Morgan fingerprint density at radius 3 is 2.59 bits per heavy atom. The molecule has 0 bridgehead atoms. The molecule has 1 aliphatic carbocycles. The molecule has 2 N–H and O–H groups in total. The zero-order valence-corrected chi connectivity index (χ0v) is 10.2. The van der Waals surface area contributed by atoms with Crippen LogP contribution in [0.5, 0.6) is 0 Å². The monoisotopic (exact) mass is 254 g/mol. The van der Waals surface area contributed by atoms with E-state index in [0.717, 1.165) is 32.1 Å². The largest absolute Gasteiger partial charge is 0.256 e. The van der Waals surface area contributed by atoms with Crippen molar-refractivity contribution >= 4 is 10.0 Å². The molecular weight excluding hydrogens is 240 g/mol. The minimum atomic E-state index is -3.90. The van der Waals surface area contributed by atoms with Crippen LogP contribution in [0.15, 0.2) is 11.2 Å². The molecule has 6 nitrogen and oxygen atoms in total. The highest BCUT2D eigenvalue weighted by molar-refractivity contribution is 7.89. The zero-order valence-electron chi connectivity index (χ0n) is 9.33. The molecule has 1 saturated carbocycles. The van der Waals surface area contributed by atoms with Crippen LogP contribution in [0.2, 0.25) is 0 Å². The number of sulfonamides is 1. The predicted molar refractivity (Wildman–Crippen MR) is 60.4 cm³/mol. The van der Waals surface area contributed by atoms with Gasteiger partial charge in [-0.15, -0.1) is 0 Å². The highest BCUT2D eigenvalue weighted by Gasteiger charge is 2.26. The second kappa shape index (κ2) is 4.47. The Labute approximate surface area is 100 Å². The van der Waals surface area contributed by atoms with Crippen molar-refractivity contribution < 1.29 is 8.42 Å². The summed E-state index contributed by atoms with van der Waals surface area (Å²) in [4.78, 5) is 0. The third kappa shape index (κ3) is 2.33. The number of hydrogen-bond acceptors (Lipinski definition) is 4. The Hall–Kier alpha value is -1.39. The molecule has 92 valence electrons. The quantitative estimate of drug-likeness (QED) is 0.847. The first-order valence-corrected chi connectivity index (χ1v) is 7.09. The van der Waals surface area contributed by atoms with E-state index in [-0.39, 0.29) is 16.6 Å². The van der Waals surface area contributed by atoms with E-state index in [1.54, 1.807) is 0 Å². The van der Waals surface area contributed by atoms with Crippen LogP contribution >= 0.6 is 0 Å². The summed E-state index contributed by atoms with van der Waals surface area (Å²) in [5.74, 6) is 0. The highest BCUT2D eigenvalue weighted by Crippen LogP contribution is 2.30. The Balaban J connectivity index is 2.48. The molecule has 0 saturated heterocycles. The summed E-state index contributed by atoms with van der Waals surface area (Å²) in [7, 11) is -3.90. The van der Waals surface area contributed by atoms with Gasteiger partial charge in [0.15, 0.2) is 5.03 Å². The van der Waals surface area contributed by atoms with Gasteiger partial charge in [0.05, 0.1) is 12.2 Å². The van der Waals surface area contributed by atoms with Gasteiger partial charge < -0.3 is 0 Å². The van der Waals surface area contributed by atoms with E-state index >= 15 is 0 Å². The second-order valence-electron chi connectivity index (χ2n) is 4.26. The fraction of sp³-hybridized carbons (Fsp3) is 0.600. The molecule has 1 aliphatic rings. The summed E-state index contributed by atoms with van der Waals surface area (Å²) in [5.41, 5.74) is 0.0260. The maximum absolute atomic E-state index is 11.5. The molecule has 0 radical (unpaired) electrons. The zero-order chi connectivity index (χ0) is 12.5. The standard InChI is InChI=1S/C10H14N4O2S/c11-6-8-7-13-14(10(8)17(12,15)16)9-4-2-1-3-5-9/h7,9H,1-5H2,(H2,12,15,16). The molecule has 0 aromatic carbocycles. The molecule has 17 heavy (non-hydrogen) atoms. The van der Waals surface area contributed by atoms with E-state index in [4.69, 9.17) is 10.4 Å². The van der Waals surface area contributed by atoms with Gasteiger partial charge in [0.2, 0.25) is 0 Å². The number of nitrogens with zero attached hydrogens (tertiary/aromatic N) is 3. The number of rotatable bonds is 2. The van der Waals surface area contributed by atoms with E-state index in [9.17, 15) is 8.42 Å². The van der Waals surface area contributed by atoms with E-state index < -0.39 is 10.0 Å². The summed E-state index contributed by atoms with van der Waals surface area (Å²) in [6.07, 6.45) is 6.30. The Morgan fingerprint density at radius 2 is 2.06 bits per heavy atom. The van der Waals surface area contributed by atoms with Crippen LogP contribution in [0.4, 0.5) is 0 Å². The second-order valence-corrected chi connectivity index (χ2v) is 5.73. The molecule has 1 heterocycles. The van der Waals surface area contributed by atoms with Gasteiger partial charge in [-0.25, -0.2) is 18.2 Å². The van der Waals surface area contributed by atoms with Gasteiger partial charge in [0.1, 0.15) is 11.6 Å². The molecule has 0 unspecified atom stereocenters. The van der Waals surface area contributed by atoms with Crippen molar-refractivity contribution in [3.8, 4) is 6.07 Å². The van der Waals surface area contributed by atoms with Crippen molar-refractivity contribution in [2.45, 2.75) is 43.2 Å². The third-order valence-corrected chi connectivity index (χ3v) is 4.01. The normalized spacial score (nSPS) is 17.9. The van der Waals surface area contributed by atoms with Crippen molar-refractivity contribution in [1.29, 1.82) is 5.26 Å². The molecule has 0 aliphatic heterocycles. The number of nitrogens with two attached hydrogens (primary N) is 1. The lowest BCUT2D eigenvalue weighted by molar-refractivity contribution is 0.310. The van der Waals surface area contributed by atoms with Gasteiger partial charge in [-0.05, 0) is 12.8 Å². The van der Waals surface area contributed by atoms with Gasteiger partial charge in [-0.2, -0.15) is 10.4 Å². The lowest BCUT2D eigenvalue weighted by Gasteiger charge is -2.23. The van der Waals surface area contributed by atoms with Gasteiger partial charge in [0, 0.05) is 0 Å². The van der Waals surface area contributed by atoms with Crippen molar-refractivity contribution in [2.24, 2.45) is 5.14 Å². The molecule has 0 amide bonds. The minimum absolute atomic E-state index is 0.0260. The first-order chi connectivity index (χ1) is 8.04. The van der Waals surface area contributed by atoms with Gasteiger partial charge in [-0.3, -0.25) is 0 Å². The smallest absolute Gasteiger partial charge is 0.249 e. The van der Waals surface area contributed by atoms with E-state index in [1.165, 1.54) is 10.9 Å². The first-order valence-electron chi connectivity index (χ1n) is 5.54. The van der Waals surface area contributed by atoms with Crippen LogP contribution in [0.25, 0.3) is 0 Å².